The predicted molar refractivity (Wildman–Crippen MR) is 82.8 cm³/mol. The van der Waals surface area contributed by atoms with E-state index in [1.165, 1.54) is 6.42 Å². The van der Waals surface area contributed by atoms with Crippen molar-refractivity contribution < 1.29 is 4.79 Å². The molecule has 3 atom stereocenters. The quantitative estimate of drug-likeness (QED) is 0.737. The van der Waals surface area contributed by atoms with E-state index in [1.54, 1.807) is 0 Å². The molecule has 0 aromatic carbocycles. The Hall–Kier alpha value is -0.290. The summed E-state index contributed by atoms with van der Waals surface area (Å²) in [5, 5.41) is 3.81. The average Bonchev–Trinajstić information content (AvgIpc) is 2.64. The van der Waals surface area contributed by atoms with Crippen molar-refractivity contribution in [3.8, 4) is 0 Å². The van der Waals surface area contributed by atoms with Crippen LogP contribution < -0.4 is 11.1 Å². The van der Waals surface area contributed by atoms with Gasteiger partial charge in [-0.05, 0) is 30.9 Å². The first kappa shape index (κ1) is 15.8. The third-order valence-electron chi connectivity index (χ3n) is 3.39. The molecule has 18 heavy (non-hydrogen) atoms. The Balaban J connectivity index is 2.47. The summed E-state index contributed by atoms with van der Waals surface area (Å²) in [4.78, 5) is 12.5. The fraction of sp³-hybridized carbons (Fsp3) is 0.846. The van der Waals surface area contributed by atoms with Crippen molar-refractivity contribution in [2.75, 3.05) is 5.75 Å². The van der Waals surface area contributed by atoms with Gasteiger partial charge < -0.3 is 11.1 Å². The van der Waals surface area contributed by atoms with Gasteiger partial charge in [0.15, 0.2) is 0 Å². The van der Waals surface area contributed by atoms with Crippen molar-refractivity contribution in [1.82, 2.24) is 5.32 Å². The lowest BCUT2D eigenvalue weighted by atomic mass is 9.94. The maximum absolute atomic E-state index is 12.2. The van der Waals surface area contributed by atoms with Gasteiger partial charge in [-0.3, -0.25) is 4.79 Å². The third-order valence-corrected chi connectivity index (χ3v) is 4.88. The minimum atomic E-state index is -0.335. The molecule has 0 bridgehead atoms. The minimum Gasteiger partial charge on any atom is -0.393 e. The monoisotopic (exact) mass is 288 g/mol. The molecule has 104 valence electrons. The first-order valence-electron chi connectivity index (χ1n) is 6.67. The molecule has 0 saturated heterocycles. The summed E-state index contributed by atoms with van der Waals surface area (Å²) in [6.45, 7) is 6.14. The number of rotatable bonds is 6. The van der Waals surface area contributed by atoms with E-state index in [9.17, 15) is 4.79 Å². The molecule has 1 rings (SSSR count). The Morgan fingerprint density at radius 1 is 1.50 bits per heavy atom. The number of thioether (sulfide) groups is 1. The fourth-order valence-electron chi connectivity index (χ4n) is 2.51. The number of hydrogen-bond acceptors (Lipinski definition) is 3. The van der Waals surface area contributed by atoms with Gasteiger partial charge in [0.2, 0.25) is 5.91 Å². The van der Waals surface area contributed by atoms with Crippen molar-refractivity contribution in [3.05, 3.63) is 0 Å². The van der Waals surface area contributed by atoms with Crippen LogP contribution in [0.25, 0.3) is 0 Å². The van der Waals surface area contributed by atoms with E-state index in [4.69, 9.17) is 18.0 Å². The van der Waals surface area contributed by atoms with Crippen LogP contribution in [0.2, 0.25) is 0 Å². The third kappa shape index (κ3) is 4.43. The van der Waals surface area contributed by atoms with E-state index in [-0.39, 0.29) is 17.7 Å². The standard InChI is InChI=1S/C13H24N2OS2/c1-4-18-10-6-5-9(7-10)15-13(16)11(8(2)3)12(14)17/h8-11H,4-7H2,1-3H3,(H2,14,17)(H,15,16). The topological polar surface area (TPSA) is 55.1 Å². The molecule has 1 saturated carbocycles. The summed E-state index contributed by atoms with van der Waals surface area (Å²) < 4.78 is 0. The maximum Gasteiger partial charge on any atom is 0.230 e. The van der Waals surface area contributed by atoms with Crippen molar-refractivity contribution in [1.29, 1.82) is 0 Å². The molecule has 3 N–H and O–H groups in total. The zero-order chi connectivity index (χ0) is 13.7. The van der Waals surface area contributed by atoms with Crippen molar-refractivity contribution in [2.45, 2.75) is 51.3 Å². The molecular weight excluding hydrogens is 264 g/mol. The lowest BCUT2D eigenvalue weighted by Gasteiger charge is -2.21. The van der Waals surface area contributed by atoms with Gasteiger partial charge in [0.05, 0.1) is 10.9 Å². The molecule has 1 aliphatic carbocycles. The highest BCUT2D eigenvalue weighted by Crippen LogP contribution is 2.30. The van der Waals surface area contributed by atoms with Crippen LogP contribution in [-0.4, -0.2) is 27.9 Å². The molecule has 3 nitrogen and oxygen atoms in total. The minimum absolute atomic E-state index is 0.00430. The maximum atomic E-state index is 12.2. The van der Waals surface area contributed by atoms with Crippen LogP contribution in [0, 0.1) is 11.8 Å². The molecule has 1 amide bonds. The van der Waals surface area contributed by atoms with Crippen LogP contribution >= 0.6 is 24.0 Å². The molecule has 0 aliphatic heterocycles. The molecule has 0 spiro atoms. The van der Waals surface area contributed by atoms with Crippen molar-refractivity contribution >= 4 is 34.9 Å². The summed E-state index contributed by atoms with van der Waals surface area (Å²) in [6.07, 6.45) is 3.35. The van der Waals surface area contributed by atoms with Gasteiger partial charge in [0.25, 0.3) is 0 Å². The van der Waals surface area contributed by atoms with E-state index < -0.39 is 0 Å². The van der Waals surface area contributed by atoms with Gasteiger partial charge in [-0.25, -0.2) is 0 Å². The van der Waals surface area contributed by atoms with Crippen LogP contribution in [0.3, 0.4) is 0 Å². The number of carbonyl (C=O) groups is 1. The van der Waals surface area contributed by atoms with E-state index in [0.717, 1.165) is 18.6 Å². The Labute approximate surface area is 120 Å². The van der Waals surface area contributed by atoms with Crippen LogP contribution in [0.5, 0.6) is 0 Å². The SMILES string of the molecule is CCSC1CCC(NC(=O)C(C(N)=S)C(C)C)C1. The van der Waals surface area contributed by atoms with Gasteiger partial charge in [-0.1, -0.05) is 33.0 Å². The number of amides is 1. The normalized spacial score (nSPS) is 25.1. The lowest BCUT2D eigenvalue weighted by molar-refractivity contribution is -0.124. The van der Waals surface area contributed by atoms with Gasteiger partial charge in [0.1, 0.15) is 0 Å². The Morgan fingerprint density at radius 3 is 2.67 bits per heavy atom. The number of hydrogen-bond donors (Lipinski definition) is 2. The zero-order valence-corrected chi connectivity index (χ0v) is 13.1. The predicted octanol–water partition coefficient (Wildman–Crippen LogP) is 2.34. The number of nitrogens with one attached hydrogen (secondary N) is 1. The summed E-state index contributed by atoms with van der Waals surface area (Å²) >= 11 is 6.98. The Bertz CT molecular complexity index is 307. The molecule has 0 radical (unpaired) electrons. The van der Waals surface area contributed by atoms with Gasteiger partial charge >= 0.3 is 0 Å². The number of nitrogens with two attached hydrogens (primary N) is 1. The van der Waals surface area contributed by atoms with E-state index in [2.05, 4.69) is 12.2 Å². The summed E-state index contributed by atoms with van der Waals surface area (Å²) in [5.74, 6) is 0.972. The second-order valence-electron chi connectivity index (χ2n) is 5.22. The molecular formula is C13H24N2OS2. The van der Waals surface area contributed by atoms with E-state index in [0.29, 0.717) is 16.3 Å². The molecule has 0 aromatic heterocycles. The number of carbonyl (C=O) groups excluding carboxylic acids is 1. The highest BCUT2D eigenvalue weighted by atomic mass is 32.2. The highest BCUT2D eigenvalue weighted by Gasteiger charge is 2.30. The molecule has 1 aliphatic rings. The Morgan fingerprint density at radius 2 is 2.17 bits per heavy atom. The fourth-order valence-corrected chi connectivity index (χ4v) is 4.03. The van der Waals surface area contributed by atoms with Gasteiger partial charge in [-0.15, -0.1) is 0 Å². The first-order valence-corrected chi connectivity index (χ1v) is 8.12. The summed E-state index contributed by atoms with van der Waals surface area (Å²) in [5.41, 5.74) is 5.65. The largest absolute Gasteiger partial charge is 0.393 e. The van der Waals surface area contributed by atoms with Crippen LogP contribution in [0.1, 0.15) is 40.0 Å². The average molecular weight is 288 g/mol. The van der Waals surface area contributed by atoms with E-state index in [1.807, 2.05) is 25.6 Å². The van der Waals surface area contributed by atoms with Gasteiger partial charge in [0, 0.05) is 11.3 Å². The molecule has 1 fully saturated rings. The highest BCUT2D eigenvalue weighted by molar-refractivity contribution is 7.99. The molecule has 0 heterocycles. The smallest absolute Gasteiger partial charge is 0.230 e. The van der Waals surface area contributed by atoms with Crippen LogP contribution in [-0.2, 0) is 4.79 Å². The number of thiocarbonyl (C=S) groups is 1. The van der Waals surface area contributed by atoms with Crippen molar-refractivity contribution in [2.24, 2.45) is 17.6 Å². The first-order chi connectivity index (χ1) is 8.45. The Kier molecular flexibility index (Phi) is 6.43. The molecule has 3 unspecified atom stereocenters. The zero-order valence-electron chi connectivity index (χ0n) is 11.4. The second-order valence-corrected chi connectivity index (χ2v) is 7.27. The lowest BCUT2D eigenvalue weighted by Crippen LogP contribution is -2.44. The van der Waals surface area contributed by atoms with Crippen LogP contribution in [0.4, 0.5) is 0 Å². The van der Waals surface area contributed by atoms with Crippen molar-refractivity contribution in [3.63, 3.8) is 0 Å². The summed E-state index contributed by atoms with van der Waals surface area (Å²) in [6, 6.07) is 0.303. The molecule has 5 heteroatoms. The summed E-state index contributed by atoms with van der Waals surface area (Å²) in [7, 11) is 0. The van der Waals surface area contributed by atoms with Gasteiger partial charge in [-0.2, -0.15) is 11.8 Å². The van der Waals surface area contributed by atoms with E-state index >= 15 is 0 Å². The molecule has 0 aromatic rings. The second kappa shape index (κ2) is 7.34. The van der Waals surface area contributed by atoms with Crippen LogP contribution in [0.15, 0.2) is 0 Å².